The van der Waals surface area contributed by atoms with E-state index in [9.17, 15) is 0 Å². The SMILES string of the molecule is C=CCOc1c(N)cccc1-n1ncnc1C. The molecule has 0 spiro atoms. The van der Waals surface area contributed by atoms with E-state index in [1.807, 2.05) is 19.1 Å². The largest absolute Gasteiger partial charge is 0.485 e. The van der Waals surface area contributed by atoms with Gasteiger partial charge in [-0.1, -0.05) is 18.7 Å². The van der Waals surface area contributed by atoms with Crippen LogP contribution in [0.5, 0.6) is 5.75 Å². The Labute approximate surface area is 99.5 Å². The Balaban J connectivity index is 2.49. The van der Waals surface area contributed by atoms with Crippen LogP contribution in [0, 0.1) is 6.92 Å². The molecule has 0 bridgehead atoms. The van der Waals surface area contributed by atoms with E-state index in [1.54, 1.807) is 16.8 Å². The van der Waals surface area contributed by atoms with Crippen molar-refractivity contribution in [1.29, 1.82) is 0 Å². The van der Waals surface area contributed by atoms with E-state index in [2.05, 4.69) is 16.7 Å². The minimum atomic E-state index is 0.398. The van der Waals surface area contributed by atoms with Crippen LogP contribution in [0.4, 0.5) is 5.69 Å². The summed E-state index contributed by atoms with van der Waals surface area (Å²) in [6, 6.07) is 5.53. The van der Waals surface area contributed by atoms with Crippen LogP contribution in [0.15, 0.2) is 37.2 Å². The fraction of sp³-hybridized carbons (Fsp3) is 0.167. The number of para-hydroxylation sites is 1. The van der Waals surface area contributed by atoms with E-state index in [0.717, 1.165) is 11.5 Å². The van der Waals surface area contributed by atoms with Crippen LogP contribution in [-0.2, 0) is 0 Å². The number of aromatic nitrogens is 3. The lowest BCUT2D eigenvalue weighted by molar-refractivity contribution is 0.363. The number of hydrogen-bond acceptors (Lipinski definition) is 4. The third-order valence-electron chi connectivity index (χ3n) is 2.32. The zero-order chi connectivity index (χ0) is 12.3. The van der Waals surface area contributed by atoms with Crippen molar-refractivity contribution in [1.82, 2.24) is 14.8 Å². The van der Waals surface area contributed by atoms with Gasteiger partial charge in [0.2, 0.25) is 0 Å². The average molecular weight is 230 g/mol. The van der Waals surface area contributed by atoms with Crippen molar-refractivity contribution < 1.29 is 4.74 Å². The van der Waals surface area contributed by atoms with Gasteiger partial charge >= 0.3 is 0 Å². The highest BCUT2D eigenvalue weighted by Crippen LogP contribution is 2.29. The smallest absolute Gasteiger partial charge is 0.168 e. The number of aryl methyl sites for hydroxylation is 1. The first-order valence-corrected chi connectivity index (χ1v) is 5.23. The molecule has 1 aromatic heterocycles. The summed E-state index contributed by atoms with van der Waals surface area (Å²) in [7, 11) is 0. The molecule has 0 saturated carbocycles. The molecule has 0 radical (unpaired) electrons. The van der Waals surface area contributed by atoms with Crippen LogP contribution in [0.2, 0.25) is 0 Å². The second-order valence-corrected chi connectivity index (χ2v) is 3.51. The van der Waals surface area contributed by atoms with Gasteiger partial charge in [0.05, 0.1) is 5.69 Å². The first-order chi connectivity index (χ1) is 8.24. The van der Waals surface area contributed by atoms with Crippen LogP contribution >= 0.6 is 0 Å². The summed E-state index contributed by atoms with van der Waals surface area (Å²) in [4.78, 5) is 4.08. The Hall–Kier alpha value is -2.30. The van der Waals surface area contributed by atoms with Gasteiger partial charge in [0, 0.05) is 0 Å². The molecule has 0 fully saturated rings. The summed E-state index contributed by atoms with van der Waals surface area (Å²) in [5, 5.41) is 4.14. The Morgan fingerprint density at radius 3 is 3.00 bits per heavy atom. The summed E-state index contributed by atoms with van der Waals surface area (Å²) in [5.41, 5.74) is 7.25. The van der Waals surface area contributed by atoms with Crippen LogP contribution in [0.25, 0.3) is 5.69 Å². The molecule has 0 saturated heterocycles. The van der Waals surface area contributed by atoms with Gasteiger partial charge in [0.1, 0.15) is 24.4 Å². The van der Waals surface area contributed by atoms with Crippen LogP contribution in [0.1, 0.15) is 5.82 Å². The first-order valence-electron chi connectivity index (χ1n) is 5.23. The molecule has 2 aromatic rings. The molecule has 0 atom stereocenters. The second-order valence-electron chi connectivity index (χ2n) is 3.51. The maximum atomic E-state index is 5.90. The molecule has 0 unspecified atom stereocenters. The third-order valence-corrected chi connectivity index (χ3v) is 2.32. The monoisotopic (exact) mass is 230 g/mol. The second kappa shape index (κ2) is 4.69. The highest BCUT2D eigenvalue weighted by atomic mass is 16.5. The Morgan fingerprint density at radius 2 is 2.35 bits per heavy atom. The van der Waals surface area contributed by atoms with Gasteiger partial charge in [0.25, 0.3) is 0 Å². The predicted octanol–water partition coefficient (Wildman–Crippen LogP) is 1.72. The molecule has 0 aliphatic carbocycles. The number of rotatable bonds is 4. The molecule has 2 N–H and O–H groups in total. The van der Waals surface area contributed by atoms with Gasteiger partial charge in [-0.2, -0.15) is 5.10 Å². The summed E-state index contributed by atoms with van der Waals surface area (Å²) >= 11 is 0. The van der Waals surface area contributed by atoms with E-state index < -0.39 is 0 Å². The zero-order valence-corrected chi connectivity index (χ0v) is 9.63. The highest BCUT2D eigenvalue weighted by Gasteiger charge is 2.11. The normalized spacial score (nSPS) is 10.2. The van der Waals surface area contributed by atoms with Gasteiger partial charge < -0.3 is 10.5 Å². The average Bonchev–Trinajstić information content (AvgIpc) is 2.73. The van der Waals surface area contributed by atoms with Gasteiger partial charge in [-0.25, -0.2) is 9.67 Å². The summed E-state index contributed by atoms with van der Waals surface area (Å²) in [5.74, 6) is 1.38. The minimum Gasteiger partial charge on any atom is -0.485 e. The van der Waals surface area contributed by atoms with Crippen molar-refractivity contribution in [2.24, 2.45) is 0 Å². The van der Waals surface area contributed by atoms with E-state index >= 15 is 0 Å². The number of hydrogen-bond donors (Lipinski definition) is 1. The summed E-state index contributed by atoms with van der Waals surface area (Å²) < 4.78 is 7.25. The Morgan fingerprint density at radius 1 is 1.53 bits per heavy atom. The molecule has 5 nitrogen and oxygen atoms in total. The highest BCUT2D eigenvalue weighted by molar-refractivity contribution is 5.63. The van der Waals surface area contributed by atoms with Crippen molar-refractivity contribution >= 4 is 5.69 Å². The topological polar surface area (TPSA) is 66.0 Å². The van der Waals surface area contributed by atoms with Crippen molar-refractivity contribution in [2.45, 2.75) is 6.92 Å². The zero-order valence-electron chi connectivity index (χ0n) is 9.63. The maximum Gasteiger partial charge on any atom is 0.168 e. The first kappa shape index (κ1) is 11.2. The van der Waals surface area contributed by atoms with Crippen LogP contribution in [0.3, 0.4) is 0 Å². The molecule has 0 aliphatic rings. The molecule has 2 rings (SSSR count). The summed E-state index contributed by atoms with van der Waals surface area (Å²) in [6.45, 7) is 5.88. The molecular formula is C12H14N4O. The minimum absolute atomic E-state index is 0.398. The molecule has 1 heterocycles. The number of nitrogens with two attached hydrogens (primary N) is 1. The van der Waals surface area contributed by atoms with Crippen LogP contribution in [-0.4, -0.2) is 21.4 Å². The molecule has 5 heteroatoms. The third kappa shape index (κ3) is 2.13. The number of anilines is 1. The Kier molecular flexibility index (Phi) is 3.09. The lowest BCUT2D eigenvalue weighted by atomic mass is 10.2. The molecule has 1 aromatic carbocycles. The fourth-order valence-corrected chi connectivity index (χ4v) is 1.54. The van der Waals surface area contributed by atoms with E-state index in [0.29, 0.717) is 18.0 Å². The predicted molar refractivity (Wildman–Crippen MR) is 66.2 cm³/mol. The van der Waals surface area contributed by atoms with Crippen molar-refractivity contribution in [2.75, 3.05) is 12.3 Å². The maximum absolute atomic E-state index is 5.90. The van der Waals surface area contributed by atoms with Crippen LogP contribution < -0.4 is 10.5 Å². The fourth-order valence-electron chi connectivity index (χ4n) is 1.54. The summed E-state index contributed by atoms with van der Waals surface area (Å²) in [6.07, 6.45) is 3.17. The quantitative estimate of drug-likeness (QED) is 0.641. The molecular weight excluding hydrogens is 216 g/mol. The van der Waals surface area contributed by atoms with Gasteiger partial charge in [0.15, 0.2) is 5.75 Å². The van der Waals surface area contributed by atoms with Gasteiger partial charge in [-0.15, -0.1) is 0 Å². The molecule has 17 heavy (non-hydrogen) atoms. The van der Waals surface area contributed by atoms with E-state index in [1.165, 1.54) is 6.33 Å². The van der Waals surface area contributed by atoms with Gasteiger partial charge in [-0.3, -0.25) is 0 Å². The van der Waals surface area contributed by atoms with Crippen molar-refractivity contribution in [3.63, 3.8) is 0 Å². The molecule has 0 aliphatic heterocycles. The number of benzene rings is 1. The van der Waals surface area contributed by atoms with Crippen molar-refractivity contribution in [3.05, 3.63) is 43.0 Å². The molecule has 0 amide bonds. The number of ether oxygens (including phenoxy) is 1. The van der Waals surface area contributed by atoms with E-state index in [-0.39, 0.29) is 0 Å². The number of nitrogens with zero attached hydrogens (tertiary/aromatic N) is 3. The molecule has 88 valence electrons. The van der Waals surface area contributed by atoms with Crippen molar-refractivity contribution in [3.8, 4) is 11.4 Å². The van der Waals surface area contributed by atoms with E-state index in [4.69, 9.17) is 10.5 Å². The standard InChI is InChI=1S/C12H14N4O/c1-3-7-17-12-10(13)5-4-6-11(12)16-9(2)14-8-15-16/h3-6,8H,1,7,13H2,2H3. The Bertz CT molecular complexity index is 533. The lowest BCUT2D eigenvalue weighted by Crippen LogP contribution is -2.06. The number of nitrogen functional groups attached to an aromatic ring is 1. The van der Waals surface area contributed by atoms with Gasteiger partial charge in [-0.05, 0) is 19.1 Å². The lowest BCUT2D eigenvalue weighted by Gasteiger charge is -2.13.